The highest BCUT2D eigenvalue weighted by Gasteiger charge is 2.06. The second-order valence-corrected chi connectivity index (χ2v) is 5.07. The summed E-state index contributed by atoms with van der Waals surface area (Å²) in [6, 6.07) is 20.5. The van der Waals surface area contributed by atoms with Crippen molar-refractivity contribution in [2.75, 3.05) is 13.2 Å². The first-order valence-electron chi connectivity index (χ1n) is 7.13. The van der Waals surface area contributed by atoms with E-state index in [0.29, 0.717) is 13.0 Å². The molecule has 3 nitrogen and oxygen atoms in total. The van der Waals surface area contributed by atoms with Gasteiger partial charge in [-0.3, -0.25) is 4.90 Å². The highest BCUT2D eigenvalue weighted by atomic mass is 16.3. The van der Waals surface area contributed by atoms with Crippen LogP contribution < -0.4 is 0 Å². The minimum Gasteiger partial charge on any atom is -0.395 e. The second-order valence-electron chi connectivity index (χ2n) is 5.07. The molecular formula is C18H20N2O. The van der Waals surface area contributed by atoms with Crippen molar-refractivity contribution in [1.29, 1.82) is 5.26 Å². The van der Waals surface area contributed by atoms with Crippen molar-refractivity contribution in [2.24, 2.45) is 0 Å². The standard InChI is InChI=1S/C18H20N2O/c19-11-10-16-6-8-18(9-7-16)15-20(12-13-21)14-17-4-2-1-3-5-17/h1-9,21H,10,12-15H2. The first-order chi connectivity index (χ1) is 10.3. The van der Waals surface area contributed by atoms with Crippen LogP contribution >= 0.6 is 0 Å². The van der Waals surface area contributed by atoms with Gasteiger partial charge in [-0.25, -0.2) is 0 Å². The number of nitrogens with zero attached hydrogens (tertiary/aromatic N) is 2. The molecule has 1 N–H and O–H groups in total. The number of nitriles is 1. The first-order valence-corrected chi connectivity index (χ1v) is 7.13. The number of rotatable bonds is 7. The Labute approximate surface area is 126 Å². The van der Waals surface area contributed by atoms with Crippen LogP contribution in [-0.2, 0) is 19.5 Å². The monoisotopic (exact) mass is 280 g/mol. The molecule has 0 fully saturated rings. The smallest absolute Gasteiger partial charge is 0.0669 e. The van der Waals surface area contributed by atoms with E-state index >= 15 is 0 Å². The predicted molar refractivity (Wildman–Crippen MR) is 83.4 cm³/mol. The molecule has 108 valence electrons. The maximum absolute atomic E-state index is 9.23. The van der Waals surface area contributed by atoms with Gasteiger partial charge in [-0.15, -0.1) is 0 Å². The lowest BCUT2D eigenvalue weighted by Crippen LogP contribution is -2.26. The van der Waals surface area contributed by atoms with Crippen LogP contribution in [0.15, 0.2) is 54.6 Å². The highest BCUT2D eigenvalue weighted by molar-refractivity contribution is 5.24. The maximum Gasteiger partial charge on any atom is 0.0669 e. The summed E-state index contributed by atoms with van der Waals surface area (Å²) in [6.45, 7) is 2.41. The van der Waals surface area contributed by atoms with Gasteiger partial charge >= 0.3 is 0 Å². The van der Waals surface area contributed by atoms with Crippen LogP contribution in [0.3, 0.4) is 0 Å². The van der Waals surface area contributed by atoms with Crippen LogP contribution in [0.25, 0.3) is 0 Å². The fraction of sp³-hybridized carbons (Fsp3) is 0.278. The van der Waals surface area contributed by atoms with Gasteiger partial charge < -0.3 is 5.11 Å². The van der Waals surface area contributed by atoms with Gasteiger partial charge in [-0.1, -0.05) is 54.6 Å². The zero-order chi connectivity index (χ0) is 14.9. The van der Waals surface area contributed by atoms with Crippen LogP contribution in [0, 0.1) is 11.3 Å². The van der Waals surface area contributed by atoms with E-state index in [9.17, 15) is 5.11 Å². The van der Waals surface area contributed by atoms with E-state index in [1.54, 1.807) is 0 Å². The molecular weight excluding hydrogens is 260 g/mol. The van der Waals surface area contributed by atoms with Gasteiger partial charge in [0, 0.05) is 19.6 Å². The number of hydrogen-bond donors (Lipinski definition) is 1. The molecule has 0 aromatic heterocycles. The molecule has 21 heavy (non-hydrogen) atoms. The Bertz CT molecular complexity index is 572. The number of aliphatic hydroxyl groups is 1. The molecule has 0 spiro atoms. The molecule has 0 aliphatic carbocycles. The molecule has 0 aliphatic rings. The van der Waals surface area contributed by atoms with Crippen molar-refractivity contribution < 1.29 is 5.11 Å². The summed E-state index contributed by atoms with van der Waals surface area (Å²) in [7, 11) is 0. The summed E-state index contributed by atoms with van der Waals surface area (Å²) >= 11 is 0. The predicted octanol–water partition coefficient (Wildman–Crippen LogP) is 2.75. The largest absolute Gasteiger partial charge is 0.395 e. The van der Waals surface area contributed by atoms with Gasteiger partial charge in [0.25, 0.3) is 0 Å². The van der Waals surface area contributed by atoms with Crippen molar-refractivity contribution >= 4 is 0 Å². The van der Waals surface area contributed by atoms with Crippen LogP contribution in [0.2, 0.25) is 0 Å². The summed E-state index contributed by atoms with van der Waals surface area (Å²) in [5.41, 5.74) is 3.48. The van der Waals surface area contributed by atoms with Gasteiger partial charge in [-0.2, -0.15) is 5.26 Å². The molecule has 3 heteroatoms. The SMILES string of the molecule is N#CCc1ccc(CN(CCO)Cc2ccccc2)cc1. The molecule has 0 unspecified atom stereocenters. The Morgan fingerprint density at radius 2 is 1.43 bits per heavy atom. The average molecular weight is 280 g/mol. The van der Waals surface area contributed by atoms with Gasteiger partial charge in [0.1, 0.15) is 0 Å². The van der Waals surface area contributed by atoms with E-state index in [2.05, 4.69) is 35.2 Å². The molecule has 0 atom stereocenters. The Morgan fingerprint density at radius 3 is 2.00 bits per heavy atom. The van der Waals surface area contributed by atoms with Crippen LogP contribution in [0.4, 0.5) is 0 Å². The van der Waals surface area contributed by atoms with Gasteiger partial charge in [0.15, 0.2) is 0 Å². The molecule has 0 aliphatic heterocycles. The van der Waals surface area contributed by atoms with E-state index in [4.69, 9.17) is 5.26 Å². The Balaban J connectivity index is 2.00. The van der Waals surface area contributed by atoms with Crippen LogP contribution in [0.1, 0.15) is 16.7 Å². The minimum absolute atomic E-state index is 0.152. The molecule has 2 rings (SSSR count). The summed E-state index contributed by atoms with van der Waals surface area (Å²) in [6.07, 6.45) is 0.449. The van der Waals surface area contributed by atoms with Crippen molar-refractivity contribution in [2.45, 2.75) is 19.5 Å². The van der Waals surface area contributed by atoms with Crippen LogP contribution in [-0.4, -0.2) is 23.2 Å². The fourth-order valence-corrected chi connectivity index (χ4v) is 2.31. The molecule has 0 heterocycles. The maximum atomic E-state index is 9.23. The number of benzene rings is 2. The summed E-state index contributed by atoms with van der Waals surface area (Å²) in [4.78, 5) is 2.22. The van der Waals surface area contributed by atoms with Crippen molar-refractivity contribution in [3.8, 4) is 6.07 Å². The van der Waals surface area contributed by atoms with Crippen LogP contribution in [0.5, 0.6) is 0 Å². The summed E-state index contributed by atoms with van der Waals surface area (Å²) in [5, 5.41) is 17.9. The lowest BCUT2D eigenvalue weighted by molar-refractivity contribution is 0.184. The topological polar surface area (TPSA) is 47.3 Å². The average Bonchev–Trinajstić information content (AvgIpc) is 2.51. The molecule has 0 radical (unpaired) electrons. The second kappa shape index (κ2) is 8.21. The third-order valence-electron chi connectivity index (χ3n) is 3.38. The Hall–Kier alpha value is -2.15. The van der Waals surface area contributed by atoms with E-state index in [1.165, 1.54) is 11.1 Å². The van der Waals surface area contributed by atoms with Crippen molar-refractivity contribution in [1.82, 2.24) is 4.90 Å². The number of aliphatic hydroxyl groups excluding tert-OH is 1. The summed E-state index contributed by atoms with van der Waals surface area (Å²) in [5.74, 6) is 0. The number of hydrogen-bond acceptors (Lipinski definition) is 3. The third-order valence-corrected chi connectivity index (χ3v) is 3.38. The molecule has 0 amide bonds. The van der Waals surface area contributed by atoms with Crippen molar-refractivity contribution in [3.63, 3.8) is 0 Å². The molecule has 0 bridgehead atoms. The zero-order valence-electron chi connectivity index (χ0n) is 12.1. The lowest BCUT2D eigenvalue weighted by Gasteiger charge is -2.21. The zero-order valence-corrected chi connectivity index (χ0v) is 12.1. The van der Waals surface area contributed by atoms with E-state index < -0.39 is 0 Å². The van der Waals surface area contributed by atoms with Gasteiger partial charge in [0.2, 0.25) is 0 Å². The minimum atomic E-state index is 0.152. The highest BCUT2D eigenvalue weighted by Crippen LogP contribution is 2.11. The summed E-state index contributed by atoms with van der Waals surface area (Å²) < 4.78 is 0. The van der Waals surface area contributed by atoms with Gasteiger partial charge in [0.05, 0.1) is 19.1 Å². The lowest BCUT2D eigenvalue weighted by atomic mass is 10.1. The normalized spacial score (nSPS) is 10.5. The molecule has 0 saturated heterocycles. The van der Waals surface area contributed by atoms with E-state index in [1.807, 2.05) is 30.3 Å². The first kappa shape index (κ1) is 15.2. The third kappa shape index (κ3) is 5.03. The quantitative estimate of drug-likeness (QED) is 0.848. The fourth-order valence-electron chi connectivity index (χ4n) is 2.31. The molecule has 0 saturated carbocycles. The van der Waals surface area contributed by atoms with Gasteiger partial charge in [-0.05, 0) is 16.7 Å². The Kier molecular flexibility index (Phi) is 5.96. The van der Waals surface area contributed by atoms with E-state index in [0.717, 1.165) is 18.7 Å². The Morgan fingerprint density at radius 1 is 0.857 bits per heavy atom. The van der Waals surface area contributed by atoms with E-state index in [-0.39, 0.29) is 6.61 Å². The van der Waals surface area contributed by atoms with Crippen molar-refractivity contribution in [3.05, 3.63) is 71.3 Å². The molecule has 2 aromatic carbocycles. The molecule has 2 aromatic rings.